The fourth-order valence-corrected chi connectivity index (χ4v) is 6.12. The maximum Gasteiger partial charge on any atom is 0.435 e. The minimum absolute atomic E-state index is 0.137. The van der Waals surface area contributed by atoms with Crippen LogP contribution in [0.1, 0.15) is 54.6 Å². The molecule has 2 aliphatic carbocycles. The van der Waals surface area contributed by atoms with E-state index in [4.69, 9.17) is 4.74 Å². The molecule has 31 heavy (non-hydrogen) atoms. The number of aliphatic hydroxyl groups excluding tert-OH is 1. The number of aryl methyl sites for hydroxylation is 2. The normalized spacial score (nSPS) is 20.0. The van der Waals surface area contributed by atoms with Crippen molar-refractivity contribution in [3.8, 4) is 0 Å². The van der Waals surface area contributed by atoms with Gasteiger partial charge in [0.15, 0.2) is 6.35 Å². The van der Waals surface area contributed by atoms with E-state index in [1.54, 1.807) is 13.8 Å². The Bertz CT molecular complexity index is 1150. The van der Waals surface area contributed by atoms with Crippen LogP contribution in [0, 0.1) is 0 Å². The number of sulfonamides is 1. The van der Waals surface area contributed by atoms with Gasteiger partial charge < -0.3 is 15.2 Å². The van der Waals surface area contributed by atoms with E-state index in [-0.39, 0.29) is 17.0 Å². The molecular formula is C21H26N4O5S. The summed E-state index contributed by atoms with van der Waals surface area (Å²) in [5.41, 5.74) is 5.16. The van der Waals surface area contributed by atoms with Crippen molar-refractivity contribution >= 4 is 21.8 Å². The molecule has 3 aliphatic rings. The number of nitrogens with one attached hydrogen (secondary N) is 2. The maximum atomic E-state index is 13.0. The summed E-state index contributed by atoms with van der Waals surface area (Å²) >= 11 is 0. The number of hydrogen-bond donors (Lipinski definition) is 3. The predicted octanol–water partition coefficient (Wildman–Crippen LogP) is 1.85. The number of aliphatic hydroxyl groups is 1. The van der Waals surface area contributed by atoms with Gasteiger partial charge in [-0.25, -0.2) is 13.2 Å². The summed E-state index contributed by atoms with van der Waals surface area (Å²) in [6.07, 6.45) is 5.04. The summed E-state index contributed by atoms with van der Waals surface area (Å²) in [5, 5.41) is 17.5. The molecule has 0 spiro atoms. The molecule has 0 saturated carbocycles. The van der Waals surface area contributed by atoms with Crippen LogP contribution in [0.25, 0.3) is 0 Å². The minimum atomic E-state index is -4.13. The van der Waals surface area contributed by atoms with E-state index >= 15 is 0 Å². The summed E-state index contributed by atoms with van der Waals surface area (Å²) in [4.78, 5) is 12.0. The molecular weight excluding hydrogens is 420 g/mol. The van der Waals surface area contributed by atoms with E-state index in [0.29, 0.717) is 0 Å². The Balaban J connectivity index is 1.42. The van der Waals surface area contributed by atoms with E-state index < -0.39 is 28.1 Å². The summed E-state index contributed by atoms with van der Waals surface area (Å²) in [7, 11) is -4.13. The van der Waals surface area contributed by atoms with Gasteiger partial charge in [-0.05, 0) is 74.6 Å². The third-order valence-electron chi connectivity index (χ3n) is 6.27. The monoisotopic (exact) mass is 446 g/mol. The second-order valence-corrected chi connectivity index (χ2v) is 10.8. The molecule has 2 aromatic rings. The summed E-state index contributed by atoms with van der Waals surface area (Å²) in [6.45, 7) is 3.41. The number of anilines is 1. The van der Waals surface area contributed by atoms with Gasteiger partial charge in [-0.1, -0.05) is 6.07 Å². The van der Waals surface area contributed by atoms with Crippen molar-refractivity contribution in [2.45, 2.75) is 75.6 Å². The number of fused-ring (bicyclic) bond motifs is 3. The van der Waals surface area contributed by atoms with E-state index in [2.05, 4.69) is 21.2 Å². The van der Waals surface area contributed by atoms with Gasteiger partial charge in [0, 0.05) is 12.1 Å². The number of hydrogen-bond acceptors (Lipinski definition) is 7. The number of benzene rings is 1. The van der Waals surface area contributed by atoms with E-state index in [0.717, 1.165) is 55.1 Å². The minimum Gasteiger partial charge on any atom is -0.441 e. The fraction of sp³-hybridized carbons (Fsp3) is 0.524. The van der Waals surface area contributed by atoms with Gasteiger partial charge >= 0.3 is 6.09 Å². The molecule has 166 valence electrons. The summed E-state index contributed by atoms with van der Waals surface area (Å²) in [6, 6.07) is 2.27. The molecule has 1 aliphatic heterocycles. The van der Waals surface area contributed by atoms with E-state index in [9.17, 15) is 18.3 Å². The third kappa shape index (κ3) is 3.52. The molecule has 5 rings (SSSR count). The molecule has 0 bridgehead atoms. The number of aromatic nitrogens is 2. The quantitative estimate of drug-likeness (QED) is 0.599. The summed E-state index contributed by atoms with van der Waals surface area (Å²) in [5.74, 6) is 0. The predicted molar refractivity (Wildman–Crippen MR) is 112 cm³/mol. The standard InChI is InChI=1S/C21H26N4O5S/c1-21(2)10-16-17(11-22-25(16)20(27)30-21)31(28,29)24-19(26)23-18-14-7-3-5-12(14)9-13-6-4-8-15(13)18/h9,11,19,23-24,26H,3-8,10H2,1-2H3. The SMILES string of the molecule is CC1(C)Cc2c(S(=O)(=O)NC(O)Nc3c4c(cc5c3CCC5)CCC4)cnn2C(=O)O1. The number of nitrogens with zero attached hydrogens (tertiary/aromatic N) is 2. The van der Waals surface area contributed by atoms with Crippen molar-refractivity contribution in [2.75, 3.05) is 5.32 Å². The number of rotatable bonds is 5. The van der Waals surface area contributed by atoms with Gasteiger partial charge in [-0.3, -0.25) is 0 Å². The molecule has 9 nitrogen and oxygen atoms in total. The molecule has 2 heterocycles. The van der Waals surface area contributed by atoms with Crippen LogP contribution in [0.2, 0.25) is 0 Å². The lowest BCUT2D eigenvalue weighted by Crippen LogP contribution is -2.43. The molecule has 3 N–H and O–H groups in total. The molecule has 0 amide bonds. The van der Waals surface area contributed by atoms with Gasteiger partial charge in [-0.2, -0.15) is 14.5 Å². The Kier molecular flexibility index (Phi) is 4.65. The van der Waals surface area contributed by atoms with Gasteiger partial charge in [0.25, 0.3) is 0 Å². The van der Waals surface area contributed by atoms with E-state index in [1.807, 2.05) is 0 Å². The zero-order valence-corrected chi connectivity index (χ0v) is 18.4. The smallest absolute Gasteiger partial charge is 0.435 e. The van der Waals surface area contributed by atoms with Gasteiger partial charge in [0.2, 0.25) is 10.0 Å². The Labute approximate surface area is 180 Å². The van der Waals surface area contributed by atoms with Crippen LogP contribution in [0.3, 0.4) is 0 Å². The van der Waals surface area contributed by atoms with Crippen LogP contribution in [0.15, 0.2) is 17.2 Å². The van der Waals surface area contributed by atoms with Crippen molar-refractivity contribution in [2.24, 2.45) is 0 Å². The van der Waals surface area contributed by atoms with Crippen molar-refractivity contribution in [3.63, 3.8) is 0 Å². The third-order valence-corrected chi connectivity index (χ3v) is 7.72. The number of carbonyl (C=O) groups excluding carboxylic acids is 1. The topological polar surface area (TPSA) is 123 Å². The zero-order chi connectivity index (χ0) is 22.0. The molecule has 0 fully saturated rings. The van der Waals surface area contributed by atoms with Gasteiger partial charge in [0.1, 0.15) is 10.5 Å². The largest absolute Gasteiger partial charge is 0.441 e. The van der Waals surface area contributed by atoms with Crippen LogP contribution in [-0.4, -0.2) is 41.4 Å². The Morgan fingerprint density at radius 1 is 1.16 bits per heavy atom. The first-order valence-corrected chi connectivity index (χ1v) is 12.1. The molecule has 10 heteroatoms. The Morgan fingerprint density at radius 3 is 2.45 bits per heavy atom. The highest BCUT2D eigenvalue weighted by atomic mass is 32.2. The van der Waals surface area contributed by atoms with E-state index in [1.165, 1.54) is 22.3 Å². The highest BCUT2D eigenvalue weighted by Gasteiger charge is 2.38. The zero-order valence-electron chi connectivity index (χ0n) is 17.6. The van der Waals surface area contributed by atoms with Crippen LogP contribution < -0.4 is 10.0 Å². The lowest BCUT2D eigenvalue weighted by Gasteiger charge is -2.30. The van der Waals surface area contributed by atoms with Crippen molar-refractivity contribution in [1.29, 1.82) is 0 Å². The molecule has 0 radical (unpaired) electrons. The van der Waals surface area contributed by atoms with Gasteiger partial charge in [-0.15, -0.1) is 0 Å². The molecule has 1 aromatic heterocycles. The van der Waals surface area contributed by atoms with Crippen LogP contribution >= 0.6 is 0 Å². The molecule has 1 unspecified atom stereocenters. The average Bonchev–Trinajstić information content (AvgIpc) is 3.38. The number of carbonyl (C=O) groups is 1. The number of ether oxygens (including phenoxy) is 1. The van der Waals surface area contributed by atoms with Crippen molar-refractivity contribution < 1.29 is 23.1 Å². The first-order chi connectivity index (χ1) is 14.6. The Morgan fingerprint density at radius 2 is 1.81 bits per heavy atom. The highest BCUT2D eigenvalue weighted by Crippen LogP contribution is 2.38. The lowest BCUT2D eigenvalue weighted by atomic mass is 9.99. The first kappa shape index (κ1) is 20.5. The first-order valence-electron chi connectivity index (χ1n) is 10.6. The van der Waals surface area contributed by atoms with Gasteiger partial charge in [0.05, 0.1) is 11.9 Å². The van der Waals surface area contributed by atoms with Crippen LogP contribution in [0.4, 0.5) is 10.5 Å². The average molecular weight is 447 g/mol. The fourth-order valence-electron chi connectivity index (χ4n) is 4.99. The highest BCUT2D eigenvalue weighted by molar-refractivity contribution is 7.89. The lowest BCUT2D eigenvalue weighted by molar-refractivity contribution is 0.0225. The molecule has 1 aromatic carbocycles. The molecule has 1 atom stereocenters. The Hall–Kier alpha value is -2.43. The van der Waals surface area contributed by atoms with Crippen LogP contribution in [0.5, 0.6) is 0 Å². The summed E-state index contributed by atoms with van der Waals surface area (Å²) < 4.78 is 34.6. The van der Waals surface area contributed by atoms with Crippen molar-refractivity contribution in [1.82, 2.24) is 14.5 Å². The second-order valence-electron chi connectivity index (χ2n) is 9.07. The second kappa shape index (κ2) is 7.04. The van der Waals surface area contributed by atoms with Crippen LogP contribution in [-0.2, 0) is 46.9 Å². The maximum absolute atomic E-state index is 13.0. The van der Waals surface area contributed by atoms with Crippen molar-refractivity contribution in [3.05, 3.63) is 40.2 Å². The number of cyclic esters (lactones) is 1. The molecule has 0 saturated heterocycles.